The third kappa shape index (κ3) is 10.2. The molecule has 1 amide bonds. The monoisotopic (exact) mass is 356 g/mol. The summed E-state index contributed by atoms with van der Waals surface area (Å²) in [6, 6.07) is 0. The van der Waals surface area contributed by atoms with Crippen molar-refractivity contribution in [2.75, 3.05) is 46.4 Å². The van der Waals surface area contributed by atoms with E-state index in [9.17, 15) is 4.79 Å². The Bertz CT molecular complexity index is 415. The maximum atomic E-state index is 11.6. The highest BCUT2D eigenvalue weighted by Crippen LogP contribution is 2.18. The van der Waals surface area contributed by atoms with Gasteiger partial charge in [0, 0.05) is 39.9 Å². The van der Waals surface area contributed by atoms with Gasteiger partial charge in [-0.1, -0.05) is 0 Å². The Labute approximate surface area is 152 Å². The first-order valence-electron chi connectivity index (χ1n) is 9.36. The van der Waals surface area contributed by atoms with Crippen molar-refractivity contribution in [1.82, 2.24) is 15.5 Å². The Hall–Kier alpha value is -1.50. The van der Waals surface area contributed by atoms with Gasteiger partial charge in [-0.15, -0.1) is 0 Å². The van der Waals surface area contributed by atoms with E-state index in [1.807, 2.05) is 20.8 Å². The maximum absolute atomic E-state index is 11.6. The zero-order valence-corrected chi connectivity index (χ0v) is 16.6. The molecule has 0 saturated carbocycles. The summed E-state index contributed by atoms with van der Waals surface area (Å²) in [7, 11) is 2.06. The Balaban J connectivity index is 2.34. The van der Waals surface area contributed by atoms with Gasteiger partial charge in [0.15, 0.2) is 5.96 Å². The standard InChI is InChI=1S/C18H36N4O3/c1-6-19-16(20-10-11-21-17(23)25-18(2,3)4)22(5)12-7-15-8-13-24-14-9-15/h15H,6-14H2,1-5H3,(H,19,20)(H,21,23). The van der Waals surface area contributed by atoms with Crippen LogP contribution in [0, 0.1) is 5.92 Å². The predicted molar refractivity (Wildman–Crippen MR) is 101 cm³/mol. The number of guanidine groups is 1. The number of hydrogen-bond acceptors (Lipinski definition) is 4. The highest BCUT2D eigenvalue weighted by molar-refractivity contribution is 5.79. The molecule has 1 aliphatic rings. The smallest absolute Gasteiger partial charge is 0.407 e. The molecular weight excluding hydrogens is 320 g/mol. The molecule has 7 heteroatoms. The molecular formula is C18H36N4O3. The van der Waals surface area contributed by atoms with Gasteiger partial charge < -0.3 is 25.0 Å². The first-order chi connectivity index (χ1) is 11.8. The fourth-order valence-electron chi connectivity index (χ4n) is 2.62. The fraction of sp³-hybridized carbons (Fsp3) is 0.889. The minimum atomic E-state index is -0.480. The summed E-state index contributed by atoms with van der Waals surface area (Å²) in [6.07, 6.45) is 3.06. The van der Waals surface area contributed by atoms with Crippen molar-refractivity contribution in [3.05, 3.63) is 0 Å². The number of carbonyl (C=O) groups is 1. The third-order valence-corrected chi connectivity index (χ3v) is 3.95. The van der Waals surface area contributed by atoms with Gasteiger partial charge in [-0.25, -0.2) is 4.79 Å². The van der Waals surface area contributed by atoms with Crippen molar-refractivity contribution < 1.29 is 14.3 Å². The van der Waals surface area contributed by atoms with Crippen LogP contribution in [0.4, 0.5) is 4.79 Å². The molecule has 1 aliphatic heterocycles. The van der Waals surface area contributed by atoms with Crippen LogP contribution in [-0.4, -0.2) is 69.0 Å². The number of rotatable bonds is 7. The maximum Gasteiger partial charge on any atom is 0.407 e. The lowest BCUT2D eigenvalue weighted by Crippen LogP contribution is -2.41. The molecule has 0 spiro atoms. The summed E-state index contributed by atoms with van der Waals surface area (Å²) >= 11 is 0. The molecule has 2 N–H and O–H groups in total. The number of nitrogens with zero attached hydrogens (tertiary/aromatic N) is 2. The number of ether oxygens (including phenoxy) is 2. The molecule has 7 nitrogen and oxygen atoms in total. The molecule has 0 unspecified atom stereocenters. The fourth-order valence-corrected chi connectivity index (χ4v) is 2.62. The Kier molecular flexibility index (Phi) is 9.63. The number of hydrogen-bond donors (Lipinski definition) is 2. The summed E-state index contributed by atoms with van der Waals surface area (Å²) < 4.78 is 10.6. The molecule has 0 aromatic rings. The van der Waals surface area contributed by atoms with E-state index in [-0.39, 0.29) is 0 Å². The van der Waals surface area contributed by atoms with E-state index >= 15 is 0 Å². The SMILES string of the molecule is CCNC(=NCCNC(=O)OC(C)(C)C)N(C)CCC1CCOCC1. The molecule has 146 valence electrons. The van der Waals surface area contributed by atoms with E-state index in [2.05, 4.69) is 34.5 Å². The lowest BCUT2D eigenvalue weighted by Gasteiger charge is -2.27. The zero-order chi connectivity index (χ0) is 18.7. The molecule has 0 atom stereocenters. The predicted octanol–water partition coefficient (Wildman–Crippen LogP) is 2.23. The van der Waals surface area contributed by atoms with Gasteiger partial charge in [-0.05, 0) is 52.9 Å². The molecule has 0 radical (unpaired) electrons. The highest BCUT2D eigenvalue weighted by Gasteiger charge is 2.16. The van der Waals surface area contributed by atoms with Crippen LogP contribution in [0.25, 0.3) is 0 Å². The van der Waals surface area contributed by atoms with Crippen molar-refractivity contribution in [3.63, 3.8) is 0 Å². The number of nitrogens with one attached hydrogen (secondary N) is 2. The molecule has 0 bridgehead atoms. The van der Waals surface area contributed by atoms with E-state index in [4.69, 9.17) is 9.47 Å². The summed E-state index contributed by atoms with van der Waals surface area (Å²) in [4.78, 5) is 18.4. The quantitative estimate of drug-likeness (QED) is 0.416. The van der Waals surface area contributed by atoms with Gasteiger partial charge in [0.05, 0.1) is 6.54 Å². The lowest BCUT2D eigenvalue weighted by molar-refractivity contribution is 0.0529. The number of carbonyl (C=O) groups excluding carboxylic acids is 1. The Morgan fingerprint density at radius 2 is 1.96 bits per heavy atom. The average Bonchev–Trinajstić information content (AvgIpc) is 2.55. The van der Waals surface area contributed by atoms with Gasteiger partial charge in [-0.3, -0.25) is 4.99 Å². The minimum absolute atomic E-state index is 0.402. The summed E-state index contributed by atoms with van der Waals surface area (Å²) in [6.45, 7) is 12.1. The van der Waals surface area contributed by atoms with Crippen molar-refractivity contribution in [2.45, 2.75) is 52.6 Å². The van der Waals surface area contributed by atoms with Gasteiger partial charge >= 0.3 is 6.09 Å². The molecule has 1 heterocycles. The van der Waals surface area contributed by atoms with E-state index < -0.39 is 11.7 Å². The second kappa shape index (κ2) is 11.2. The Morgan fingerprint density at radius 3 is 2.56 bits per heavy atom. The third-order valence-electron chi connectivity index (χ3n) is 3.95. The van der Waals surface area contributed by atoms with Gasteiger partial charge in [0.25, 0.3) is 0 Å². The summed E-state index contributed by atoms with van der Waals surface area (Å²) in [5.74, 6) is 1.62. The average molecular weight is 357 g/mol. The first-order valence-corrected chi connectivity index (χ1v) is 9.36. The molecule has 1 fully saturated rings. The van der Waals surface area contributed by atoms with Crippen molar-refractivity contribution >= 4 is 12.1 Å². The molecule has 1 saturated heterocycles. The largest absolute Gasteiger partial charge is 0.444 e. The molecule has 0 aliphatic carbocycles. The van der Waals surface area contributed by atoms with E-state index in [0.717, 1.165) is 57.4 Å². The van der Waals surface area contributed by atoms with E-state index in [1.54, 1.807) is 0 Å². The first kappa shape index (κ1) is 21.5. The second-order valence-corrected chi connectivity index (χ2v) is 7.43. The minimum Gasteiger partial charge on any atom is -0.444 e. The van der Waals surface area contributed by atoms with Gasteiger partial charge in [0.2, 0.25) is 0 Å². The normalized spacial score (nSPS) is 16.4. The van der Waals surface area contributed by atoms with Crippen molar-refractivity contribution in [2.24, 2.45) is 10.9 Å². The lowest BCUT2D eigenvalue weighted by atomic mass is 9.96. The van der Waals surface area contributed by atoms with Crippen LogP contribution in [-0.2, 0) is 9.47 Å². The number of alkyl carbamates (subject to hydrolysis) is 1. The van der Waals surface area contributed by atoms with Crippen LogP contribution < -0.4 is 10.6 Å². The number of amides is 1. The van der Waals surface area contributed by atoms with Gasteiger partial charge in [0.1, 0.15) is 5.60 Å². The molecule has 0 aromatic carbocycles. The topological polar surface area (TPSA) is 75.2 Å². The second-order valence-electron chi connectivity index (χ2n) is 7.43. The molecule has 25 heavy (non-hydrogen) atoms. The summed E-state index contributed by atoms with van der Waals surface area (Å²) in [5, 5.41) is 6.03. The Morgan fingerprint density at radius 1 is 1.28 bits per heavy atom. The van der Waals surface area contributed by atoms with Crippen LogP contribution >= 0.6 is 0 Å². The molecule has 1 rings (SSSR count). The highest BCUT2D eigenvalue weighted by atomic mass is 16.6. The van der Waals surface area contributed by atoms with Crippen molar-refractivity contribution in [1.29, 1.82) is 0 Å². The van der Waals surface area contributed by atoms with Crippen LogP contribution in [0.3, 0.4) is 0 Å². The van der Waals surface area contributed by atoms with Gasteiger partial charge in [-0.2, -0.15) is 0 Å². The van der Waals surface area contributed by atoms with Crippen molar-refractivity contribution in [3.8, 4) is 0 Å². The molecule has 0 aromatic heterocycles. The van der Waals surface area contributed by atoms with E-state index in [0.29, 0.717) is 13.1 Å². The van der Waals surface area contributed by atoms with Crippen LogP contribution in [0.2, 0.25) is 0 Å². The summed E-state index contributed by atoms with van der Waals surface area (Å²) in [5.41, 5.74) is -0.480. The van der Waals surface area contributed by atoms with Crippen LogP contribution in [0.1, 0.15) is 47.0 Å². The van der Waals surface area contributed by atoms with E-state index in [1.165, 1.54) is 0 Å². The number of aliphatic imine (C=N–C) groups is 1. The van der Waals surface area contributed by atoms with Crippen LogP contribution in [0.15, 0.2) is 4.99 Å². The van der Waals surface area contributed by atoms with Crippen LogP contribution in [0.5, 0.6) is 0 Å². The zero-order valence-electron chi connectivity index (χ0n) is 16.6.